The van der Waals surface area contributed by atoms with Gasteiger partial charge in [0.1, 0.15) is 5.82 Å². The van der Waals surface area contributed by atoms with Gasteiger partial charge in [0, 0.05) is 16.3 Å². The molecule has 0 aromatic carbocycles. The highest BCUT2D eigenvalue weighted by molar-refractivity contribution is 8.00. The van der Waals surface area contributed by atoms with Gasteiger partial charge in [-0.2, -0.15) is 0 Å². The van der Waals surface area contributed by atoms with Gasteiger partial charge in [0.05, 0.1) is 0 Å². The molecule has 1 aliphatic carbocycles. The summed E-state index contributed by atoms with van der Waals surface area (Å²) in [6.45, 7) is 2.35. The van der Waals surface area contributed by atoms with Crippen molar-refractivity contribution in [1.29, 1.82) is 0 Å². The number of rotatable bonds is 2. The van der Waals surface area contributed by atoms with Gasteiger partial charge >= 0.3 is 0 Å². The summed E-state index contributed by atoms with van der Waals surface area (Å²) in [4.78, 5) is 5.37. The van der Waals surface area contributed by atoms with E-state index in [2.05, 4.69) is 18.0 Å². The maximum Gasteiger partial charge on any atom is 0.123 e. The minimum Gasteiger partial charge on any atom is -0.384 e. The maximum atomic E-state index is 5.56. The lowest BCUT2D eigenvalue weighted by Gasteiger charge is -2.25. The quantitative estimate of drug-likeness (QED) is 0.834. The van der Waals surface area contributed by atoms with E-state index in [1.54, 1.807) is 0 Å². The summed E-state index contributed by atoms with van der Waals surface area (Å²) >= 11 is 1.96. The number of hydrogen-bond donors (Lipinski definition) is 1. The van der Waals surface area contributed by atoms with Crippen LogP contribution in [0.1, 0.15) is 32.6 Å². The van der Waals surface area contributed by atoms with Gasteiger partial charge < -0.3 is 5.73 Å². The largest absolute Gasteiger partial charge is 0.384 e. The van der Waals surface area contributed by atoms with Crippen molar-refractivity contribution in [3.8, 4) is 0 Å². The average molecular weight is 222 g/mol. The third kappa shape index (κ3) is 3.13. The number of thioether (sulfide) groups is 1. The van der Waals surface area contributed by atoms with E-state index in [1.807, 2.05) is 24.0 Å². The minimum atomic E-state index is 0.608. The van der Waals surface area contributed by atoms with Crippen LogP contribution in [0.2, 0.25) is 0 Å². The third-order valence-corrected chi connectivity index (χ3v) is 4.34. The molecule has 1 fully saturated rings. The Morgan fingerprint density at radius 2 is 2.00 bits per heavy atom. The first-order valence-corrected chi connectivity index (χ1v) is 6.50. The van der Waals surface area contributed by atoms with Crippen molar-refractivity contribution >= 4 is 17.6 Å². The predicted octanol–water partition coefficient (Wildman–Crippen LogP) is 3.33. The molecule has 3 heteroatoms. The van der Waals surface area contributed by atoms with Gasteiger partial charge in [-0.25, -0.2) is 4.98 Å². The molecule has 0 spiro atoms. The van der Waals surface area contributed by atoms with Crippen molar-refractivity contribution in [2.45, 2.75) is 42.8 Å². The van der Waals surface area contributed by atoms with Crippen LogP contribution in [-0.4, -0.2) is 10.2 Å². The molecule has 0 amide bonds. The Kier molecular flexibility index (Phi) is 3.52. The highest BCUT2D eigenvalue weighted by Gasteiger charge is 2.18. The molecule has 2 N–H and O–H groups in total. The average Bonchev–Trinajstić information content (AvgIpc) is 2.25. The van der Waals surface area contributed by atoms with Gasteiger partial charge in [-0.1, -0.05) is 6.92 Å². The lowest BCUT2D eigenvalue weighted by atomic mass is 9.91. The number of aromatic nitrogens is 1. The summed E-state index contributed by atoms with van der Waals surface area (Å²) in [6, 6.07) is 3.96. The molecular weight excluding hydrogens is 204 g/mol. The summed E-state index contributed by atoms with van der Waals surface area (Å²) in [7, 11) is 0. The number of nitrogen functional groups attached to an aromatic ring is 1. The molecule has 1 aromatic heterocycles. The number of hydrogen-bond acceptors (Lipinski definition) is 3. The first-order valence-electron chi connectivity index (χ1n) is 5.62. The van der Waals surface area contributed by atoms with Gasteiger partial charge in [-0.15, -0.1) is 11.8 Å². The Morgan fingerprint density at radius 1 is 1.27 bits per heavy atom. The van der Waals surface area contributed by atoms with Gasteiger partial charge in [0.25, 0.3) is 0 Å². The number of nitrogens with two attached hydrogens (primary N) is 1. The van der Waals surface area contributed by atoms with Crippen LogP contribution in [0.15, 0.2) is 23.2 Å². The molecule has 2 rings (SSSR count). The summed E-state index contributed by atoms with van der Waals surface area (Å²) in [5.74, 6) is 1.53. The molecule has 1 saturated carbocycles. The second-order valence-electron chi connectivity index (χ2n) is 4.42. The molecule has 0 aliphatic heterocycles. The zero-order chi connectivity index (χ0) is 10.7. The second kappa shape index (κ2) is 4.88. The molecule has 1 aliphatic rings. The lowest BCUT2D eigenvalue weighted by Crippen LogP contribution is -2.13. The van der Waals surface area contributed by atoms with Crippen molar-refractivity contribution in [2.24, 2.45) is 5.92 Å². The van der Waals surface area contributed by atoms with Crippen molar-refractivity contribution in [1.82, 2.24) is 4.98 Å². The molecule has 0 radical (unpaired) electrons. The summed E-state index contributed by atoms with van der Waals surface area (Å²) in [5.41, 5.74) is 5.56. The molecule has 1 heterocycles. The molecule has 0 unspecified atom stereocenters. The van der Waals surface area contributed by atoms with Crippen molar-refractivity contribution in [3.63, 3.8) is 0 Å². The first kappa shape index (κ1) is 10.8. The van der Waals surface area contributed by atoms with E-state index < -0.39 is 0 Å². The smallest absolute Gasteiger partial charge is 0.123 e. The number of nitrogens with zero attached hydrogens (tertiary/aromatic N) is 1. The highest BCUT2D eigenvalue weighted by Crippen LogP contribution is 2.35. The van der Waals surface area contributed by atoms with Crippen LogP contribution in [0.25, 0.3) is 0 Å². The van der Waals surface area contributed by atoms with Crippen LogP contribution in [-0.2, 0) is 0 Å². The van der Waals surface area contributed by atoms with Crippen LogP contribution in [0.5, 0.6) is 0 Å². The van der Waals surface area contributed by atoms with E-state index in [0.29, 0.717) is 5.82 Å². The monoisotopic (exact) mass is 222 g/mol. The fraction of sp³-hybridized carbons (Fsp3) is 0.583. The third-order valence-electron chi connectivity index (χ3n) is 3.02. The molecule has 0 bridgehead atoms. The van der Waals surface area contributed by atoms with Crippen LogP contribution < -0.4 is 5.73 Å². The van der Waals surface area contributed by atoms with Gasteiger partial charge in [0.15, 0.2) is 0 Å². The van der Waals surface area contributed by atoms with E-state index in [0.717, 1.165) is 11.2 Å². The lowest BCUT2D eigenvalue weighted by molar-refractivity contribution is 0.393. The van der Waals surface area contributed by atoms with Crippen LogP contribution in [0.4, 0.5) is 5.82 Å². The first-order chi connectivity index (χ1) is 7.24. The van der Waals surface area contributed by atoms with Gasteiger partial charge in [0.2, 0.25) is 0 Å². The molecular formula is C12H18N2S. The highest BCUT2D eigenvalue weighted by atomic mass is 32.2. The van der Waals surface area contributed by atoms with Crippen molar-refractivity contribution < 1.29 is 0 Å². The molecule has 2 nitrogen and oxygen atoms in total. The summed E-state index contributed by atoms with van der Waals surface area (Å²) < 4.78 is 0. The molecule has 82 valence electrons. The standard InChI is InChI=1S/C12H18N2S/c1-9-2-4-10(5-3-9)15-11-6-7-12(13)14-8-11/h6-10H,2-5H2,1H3,(H2,13,14). The Morgan fingerprint density at radius 3 is 2.60 bits per heavy atom. The zero-order valence-electron chi connectivity index (χ0n) is 9.15. The van der Waals surface area contributed by atoms with E-state index in [1.165, 1.54) is 30.6 Å². The molecule has 0 saturated heterocycles. The van der Waals surface area contributed by atoms with Crippen LogP contribution in [0, 0.1) is 5.92 Å². The minimum absolute atomic E-state index is 0.608. The van der Waals surface area contributed by atoms with Gasteiger partial charge in [-0.05, 0) is 43.7 Å². The van der Waals surface area contributed by atoms with Gasteiger partial charge in [-0.3, -0.25) is 0 Å². The predicted molar refractivity (Wildman–Crippen MR) is 65.9 cm³/mol. The van der Waals surface area contributed by atoms with Crippen LogP contribution >= 0.6 is 11.8 Å². The molecule has 1 aromatic rings. The summed E-state index contributed by atoms with van der Waals surface area (Å²) in [5, 5.41) is 0.784. The fourth-order valence-corrected chi connectivity index (χ4v) is 3.15. The topological polar surface area (TPSA) is 38.9 Å². The van der Waals surface area contributed by atoms with E-state index in [9.17, 15) is 0 Å². The molecule has 15 heavy (non-hydrogen) atoms. The Labute approximate surface area is 95.7 Å². The number of anilines is 1. The maximum absolute atomic E-state index is 5.56. The Bertz CT molecular complexity index is 302. The fourth-order valence-electron chi connectivity index (χ4n) is 2.00. The zero-order valence-corrected chi connectivity index (χ0v) is 9.96. The van der Waals surface area contributed by atoms with Crippen molar-refractivity contribution in [2.75, 3.05) is 5.73 Å². The SMILES string of the molecule is CC1CCC(Sc2ccc(N)nc2)CC1. The number of pyridine rings is 1. The Balaban J connectivity index is 1.89. The van der Waals surface area contributed by atoms with Crippen molar-refractivity contribution in [3.05, 3.63) is 18.3 Å². The van der Waals surface area contributed by atoms with E-state index >= 15 is 0 Å². The normalized spacial score (nSPS) is 26.5. The van der Waals surface area contributed by atoms with Crippen LogP contribution in [0.3, 0.4) is 0 Å². The Hall–Kier alpha value is -0.700. The van der Waals surface area contributed by atoms with E-state index in [-0.39, 0.29) is 0 Å². The van der Waals surface area contributed by atoms with E-state index in [4.69, 9.17) is 5.73 Å². The second-order valence-corrected chi connectivity index (χ2v) is 5.79. The molecule has 0 atom stereocenters. The summed E-state index contributed by atoms with van der Waals surface area (Å²) in [6.07, 6.45) is 7.32.